The number of sulfonamides is 1. The SMILES string of the molecule is O=C(CN(c1ccc(Cl)cc1Cl)S(=O)(=O)c1ccccc1)NCCSc1ccc(Cl)cc1. The molecular weight excluding hydrogens is 511 g/mol. The lowest BCUT2D eigenvalue weighted by atomic mass is 10.3. The van der Waals surface area contributed by atoms with Crippen LogP contribution in [0.15, 0.2) is 82.6 Å². The van der Waals surface area contributed by atoms with Crippen LogP contribution in [-0.2, 0) is 14.8 Å². The molecule has 0 saturated carbocycles. The van der Waals surface area contributed by atoms with Crippen LogP contribution in [0.2, 0.25) is 15.1 Å². The van der Waals surface area contributed by atoms with Crippen LogP contribution in [0, 0.1) is 0 Å². The van der Waals surface area contributed by atoms with Gasteiger partial charge in [-0.1, -0.05) is 53.0 Å². The van der Waals surface area contributed by atoms with Crippen molar-refractivity contribution in [3.05, 3.63) is 87.9 Å². The highest BCUT2D eigenvalue weighted by molar-refractivity contribution is 7.99. The first kappa shape index (κ1) is 24.7. The zero-order valence-corrected chi connectivity index (χ0v) is 20.6. The molecule has 0 atom stereocenters. The molecule has 0 aromatic heterocycles. The second kappa shape index (κ2) is 11.3. The molecule has 168 valence electrons. The van der Waals surface area contributed by atoms with Gasteiger partial charge in [-0.3, -0.25) is 9.10 Å². The van der Waals surface area contributed by atoms with E-state index in [2.05, 4.69) is 5.32 Å². The lowest BCUT2D eigenvalue weighted by Crippen LogP contribution is -2.41. The van der Waals surface area contributed by atoms with Crippen molar-refractivity contribution in [2.75, 3.05) is 23.1 Å². The standard InChI is InChI=1S/C22H19Cl3N2O3S2/c23-16-6-9-18(10-7-16)31-13-12-26-22(28)15-27(21-11-8-17(24)14-20(21)25)32(29,30)19-4-2-1-3-5-19/h1-11,14H,12-13,15H2,(H,26,28). The number of thioether (sulfide) groups is 1. The Morgan fingerprint density at radius 2 is 1.56 bits per heavy atom. The maximum absolute atomic E-state index is 13.3. The second-order valence-corrected chi connectivity index (χ2v) is 10.9. The Kier molecular flexibility index (Phi) is 8.73. The zero-order chi connectivity index (χ0) is 23.1. The van der Waals surface area contributed by atoms with E-state index in [0.717, 1.165) is 9.20 Å². The molecular formula is C22H19Cl3N2O3S2. The molecule has 1 amide bonds. The fourth-order valence-corrected chi connectivity index (χ4v) is 5.70. The molecule has 1 N–H and O–H groups in total. The molecule has 0 aliphatic carbocycles. The van der Waals surface area contributed by atoms with Crippen LogP contribution in [-0.4, -0.2) is 33.2 Å². The predicted octanol–water partition coefficient (Wildman–Crippen LogP) is 5.75. The summed E-state index contributed by atoms with van der Waals surface area (Å²) >= 11 is 19.7. The number of halogens is 3. The van der Waals surface area contributed by atoms with Crippen molar-refractivity contribution in [2.45, 2.75) is 9.79 Å². The van der Waals surface area contributed by atoms with Gasteiger partial charge >= 0.3 is 0 Å². The molecule has 3 aromatic carbocycles. The van der Waals surface area contributed by atoms with Crippen molar-refractivity contribution in [2.24, 2.45) is 0 Å². The monoisotopic (exact) mass is 528 g/mol. The summed E-state index contributed by atoms with van der Waals surface area (Å²) in [4.78, 5) is 13.7. The molecule has 0 fully saturated rings. The number of rotatable bonds is 9. The van der Waals surface area contributed by atoms with Crippen LogP contribution in [0.5, 0.6) is 0 Å². The normalized spacial score (nSPS) is 11.2. The lowest BCUT2D eigenvalue weighted by molar-refractivity contribution is -0.119. The van der Waals surface area contributed by atoms with Crippen molar-refractivity contribution >= 4 is 68.2 Å². The van der Waals surface area contributed by atoms with E-state index in [4.69, 9.17) is 34.8 Å². The first-order valence-corrected chi connectivity index (χ1v) is 13.0. The maximum Gasteiger partial charge on any atom is 0.264 e. The molecule has 0 aliphatic heterocycles. The van der Waals surface area contributed by atoms with E-state index >= 15 is 0 Å². The van der Waals surface area contributed by atoms with Crippen LogP contribution < -0.4 is 9.62 Å². The largest absolute Gasteiger partial charge is 0.354 e. The molecule has 0 aliphatic rings. The summed E-state index contributed by atoms with van der Waals surface area (Å²) in [7, 11) is -4.03. The minimum Gasteiger partial charge on any atom is -0.354 e. The summed E-state index contributed by atoms with van der Waals surface area (Å²) in [6, 6.07) is 19.7. The minimum atomic E-state index is -4.03. The van der Waals surface area contributed by atoms with Gasteiger partial charge in [0.2, 0.25) is 5.91 Å². The Labute approximate surface area is 206 Å². The Bertz CT molecular complexity index is 1170. The van der Waals surface area contributed by atoms with Crippen molar-refractivity contribution in [1.29, 1.82) is 0 Å². The summed E-state index contributed by atoms with van der Waals surface area (Å²) in [5.41, 5.74) is 0.172. The third kappa shape index (κ3) is 6.56. The highest BCUT2D eigenvalue weighted by atomic mass is 35.5. The number of carbonyl (C=O) groups excluding carboxylic acids is 1. The zero-order valence-electron chi connectivity index (χ0n) is 16.7. The first-order chi connectivity index (χ1) is 15.3. The Balaban J connectivity index is 1.72. The molecule has 0 radical (unpaired) electrons. The number of nitrogens with zero attached hydrogens (tertiary/aromatic N) is 1. The van der Waals surface area contributed by atoms with Gasteiger partial charge in [-0.2, -0.15) is 0 Å². The van der Waals surface area contributed by atoms with Crippen molar-refractivity contribution in [3.63, 3.8) is 0 Å². The topological polar surface area (TPSA) is 66.5 Å². The van der Waals surface area contributed by atoms with E-state index in [0.29, 0.717) is 22.3 Å². The Morgan fingerprint density at radius 1 is 0.906 bits per heavy atom. The highest BCUT2D eigenvalue weighted by Crippen LogP contribution is 2.32. The molecule has 3 rings (SSSR count). The average Bonchev–Trinajstić information content (AvgIpc) is 2.77. The number of amides is 1. The highest BCUT2D eigenvalue weighted by Gasteiger charge is 2.28. The van der Waals surface area contributed by atoms with Gasteiger partial charge in [0.15, 0.2) is 0 Å². The third-order valence-electron chi connectivity index (χ3n) is 4.30. The summed E-state index contributed by atoms with van der Waals surface area (Å²) in [6.07, 6.45) is 0. The minimum absolute atomic E-state index is 0.0529. The molecule has 32 heavy (non-hydrogen) atoms. The molecule has 5 nitrogen and oxygen atoms in total. The van der Waals surface area contributed by atoms with Gasteiger partial charge in [0.1, 0.15) is 6.54 Å². The number of hydrogen-bond acceptors (Lipinski definition) is 4. The summed E-state index contributed by atoms with van der Waals surface area (Å²) in [5.74, 6) is 0.160. The van der Waals surface area contributed by atoms with Crippen molar-refractivity contribution in [3.8, 4) is 0 Å². The lowest BCUT2D eigenvalue weighted by Gasteiger charge is -2.25. The Hall–Kier alpha value is -1.90. The number of benzene rings is 3. The number of nitrogens with one attached hydrogen (secondary N) is 1. The van der Waals surface area contributed by atoms with E-state index in [9.17, 15) is 13.2 Å². The third-order valence-corrected chi connectivity index (χ3v) is 7.88. The van der Waals surface area contributed by atoms with Crippen LogP contribution in [0.1, 0.15) is 0 Å². The van der Waals surface area contributed by atoms with E-state index in [1.165, 1.54) is 30.3 Å². The fourth-order valence-electron chi connectivity index (χ4n) is 2.78. The molecule has 0 unspecified atom stereocenters. The molecule has 10 heteroatoms. The summed E-state index contributed by atoms with van der Waals surface area (Å²) in [5, 5.41) is 3.90. The van der Waals surface area contributed by atoms with E-state index < -0.39 is 22.5 Å². The van der Waals surface area contributed by atoms with Gasteiger partial charge in [0.05, 0.1) is 15.6 Å². The van der Waals surface area contributed by atoms with Crippen LogP contribution >= 0.6 is 46.6 Å². The molecule has 0 saturated heterocycles. The van der Waals surface area contributed by atoms with Gasteiger partial charge in [-0.05, 0) is 54.6 Å². The molecule has 0 bridgehead atoms. The smallest absolute Gasteiger partial charge is 0.264 e. The summed E-state index contributed by atoms with van der Waals surface area (Å²) in [6.45, 7) is -0.0656. The van der Waals surface area contributed by atoms with E-state index in [1.54, 1.807) is 42.1 Å². The van der Waals surface area contributed by atoms with Crippen molar-refractivity contribution in [1.82, 2.24) is 5.32 Å². The van der Waals surface area contributed by atoms with Gasteiger partial charge in [0.25, 0.3) is 10.0 Å². The molecule has 0 spiro atoms. The van der Waals surface area contributed by atoms with Gasteiger partial charge in [-0.25, -0.2) is 8.42 Å². The van der Waals surface area contributed by atoms with Gasteiger partial charge in [0, 0.05) is 27.2 Å². The number of anilines is 1. The van der Waals surface area contributed by atoms with Crippen LogP contribution in [0.4, 0.5) is 5.69 Å². The molecule has 3 aromatic rings. The van der Waals surface area contributed by atoms with Crippen molar-refractivity contribution < 1.29 is 13.2 Å². The second-order valence-electron chi connectivity index (χ2n) is 6.57. The quantitative estimate of drug-likeness (QED) is 0.283. The maximum atomic E-state index is 13.3. The summed E-state index contributed by atoms with van der Waals surface area (Å²) < 4.78 is 27.6. The van der Waals surface area contributed by atoms with E-state index in [1.807, 2.05) is 12.1 Å². The molecule has 0 heterocycles. The Morgan fingerprint density at radius 3 is 2.22 bits per heavy atom. The van der Waals surface area contributed by atoms with Crippen LogP contribution in [0.25, 0.3) is 0 Å². The van der Waals surface area contributed by atoms with E-state index in [-0.39, 0.29) is 15.6 Å². The van der Waals surface area contributed by atoms with Gasteiger partial charge < -0.3 is 5.32 Å². The number of carbonyl (C=O) groups is 1. The predicted molar refractivity (Wildman–Crippen MR) is 133 cm³/mol. The average molecular weight is 530 g/mol. The van der Waals surface area contributed by atoms with Crippen LogP contribution in [0.3, 0.4) is 0 Å². The first-order valence-electron chi connectivity index (χ1n) is 9.45. The number of hydrogen-bond donors (Lipinski definition) is 1. The fraction of sp³-hybridized carbons (Fsp3) is 0.136. The van der Waals surface area contributed by atoms with Gasteiger partial charge in [-0.15, -0.1) is 11.8 Å².